The molecule has 0 saturated heterocycles. The normalized spacial score (nSPS) is 13.2. The second-order valence-electron chi connectivity index (χ2n) is 4.39. The van der Waals surface area contributed by atoms with E-state index in [1.807, 2.05) is 6.92 Å². The lowest BCUT2D eigenvalue weighted by Crippen LogP contribution is -2.14. The van der Waals surface area contributed by atoms with Gasteiger partial charge in [-0.2, -0.15) is 0 Å². The number of hydrogen-bond donors (Lipinski definition) is 1. The van der Waals surface area contributed by atoms with E-state index < -0.39 is 0 Å². The summed E-state index contributed by atoms with van der Waals surface area (Å²) in [6, 6.07) is 4.75. The first kappa shape index (κ1) is 12.0. The molecule has 92 valence electrons. The second kappa shape index (κ2) is 4.84. The van der Waals surface area contributed by atoms with E-state index in [0.717, 1.165) is 24.3 Å². The summed E-state index contributed by atoms with van der Waals surface area (Å²) in [6.45, 7) is 5.60. The van der Waals surface area contributed by atoms with Gasteiger partial charge in [0.2, 0.25) is 0 Å². The van der Waals surface area contributed by atoms with Gasteiger partial charge in [-0.25, -0.2) is 9.37 Å². The van der Waals surface area contributed by atoms with Crippen LogP contribution in [0.15, 0.2) is 18.2 Å². The summed E-state index contributed by atoms with van der Waals surface area (Å²) in [5.41, 5.74) is 7.40. The Morgan fingerprint density at radius 3 is 2.88 bits per heavy atom. The van der Waals surface area contributed by atoms with Crippen molar-refractivity contribution >= 4 is 11.0 Å². The van der Waals surface area contributed by atoms with Crippen LogP contribution in [0.3, 0.4) is 0 Å². The van der Waals surface area contributed by atoms with Gasteiger partial charge >= 0.3 is 0 Å². The van der Waals surface area contributed by atoms with Crippen LogP contribution in [0.4, 0.5) is 4.39 Å². The maximum absolute atomic E-state index is 13.2. The number of nitrogens with two attached hydrogens (primary N) is 1. The molecule has 3 nitrogen and oxygen atoms in total. The SMILES string of the molecule is CCCn1c(C(C)CN)nc2cc(F)ccc21. The number of aryl methyl sites for hydroxylation is 1. The quantitative estimate of drug-likeness (QED) is 0.885. The Morgan fingerprint density at radius 2 is 2.24 bits per heavy atom. The predicted octanol–water partition coefficient (Wildman–Crippen LogP) is 2.65. The molecule has 2 aromatic rings. The van der Waals surface area contributed by atoms with Crippen molar-refractivity contribution in [1.82, 2.24) is 9.55 Å². The van der Waals surface area contributed by atoms with E-state index >= 15 is 0 Å². The summed E-state index contributed by atoms with van der Waals surface area (Å²) >= 11 is 0. The number of fused-ring (bicyclic) bond motifs is 1. The molecule has 0 aliphatic rings. The number of imidazole rings is 1. The Bertz CT molecular complexity index is 519. The van der Waals surface area contributed by atoms with Gasteiger partial charge in [-0.1, -0.05) is 13.8 Å². The van der Waals surface area contributed by atoms with Gasteiger partial charge in [-0.05, 0) is 18.6 Å². The van der Waals surface area contributed by atoms with Crippen LogP contribution in [-0.4, -0.2) is 16.1 Å². The highest BCUT2D eigenvalue weighted by Crippen LogP contribution is 2.22. The third kappa shape index (κ3) is 2.17. The molecule has 1 aromatic carbocycles. The molecule has 0 aliphatic heterocycles. The molecule has 0 fully saturated rings. The molecular formula is C13H18FN3. The van der Waals surface area contributed by atoms with Gasteiger partial charge in [0.05, 0.1) is 11.0 Å². The summed E-state index contributed by atoms with van der Waals surface area (Å²) in [6.07, 6.45) is 1.02. The lowest BCUT2D eigenvalue weighted by molar-refractivity contribution is 0.605. The molecule has 0 spiro atoms. The van der Waals surface area contributed by atoms with Gasteiger partial charge in [-0.15, -0.1) is 0 Å². The first-order chi connectivity index (χ1) is 8.17. The summed E-state index contributed by atoms with van der Waals surface area (Å²) in [4.78, 5) is 4.51. The number of benzene rings is 1. The van der Waals surface area contributed by atoms with Gasteiger partial charge in [0.1, 0.15) is 11.6 Å². The van der Waals surface area contributed by atoms with Crippen molar-refractivity contribution in [2.75, 3.05) is 6.54 Å². The van der Waals surface area contributed by atoms with Crippen LogP contribution in [-0.2, 0) is 6.54 Å². The van der Waals surface area contributed by atoms with E-state index in [4.69, 9.17) is 5.73 Å². The van der Waals surface area contributed by atoms with Crippen molar-refractivity contribution in [2.45, 2.75) is 32.7 Å². The van der Waals surface area contributed by atoms with Gasteiger partial charge < -0.3 is 10.3 Å². The van der Waals surface area contributed by atoms with E-state index in [-0.39, 0.29) is 11.7 Å². The second-order valence-corrected chi connectivity index (χ2v) is 4.39. The van der Waals surface area contributed by atoms with Crippen molar-refractivity contribution in [3.05, 3.63) is 29.8 Å². The maximum Gasteiger partial charge on any atom is 0.125 e. The third-order valence-electron chi connectivity index (χ3n) is 2.98. The van der Waals surface area contributed by atoms with E-state index in [2.05, 4.69) is 16.5 Å². The molecule has 1 unspecified atom stereocenters. The van der Waals surface area contributed by atoms with Gasteiger partial charge in [0.15, 0.2) is 0 Å². The Kier molecular flexibility index (Phi) is 3.43. The van der Waals surface area contributed by atoms with E-state index in [1.165, 1.54) is 12.1 Å². The molecule has 1 atom stereocenters. The van der Waals surface area contributed by atoms with Crippen LogP contribution in [0.25, 0.3) is 11.0 Å². The van der Waals surface area contributed by atoms with Crippen molar-refractivity contribution < 1.29 is 4.39 Å². The monoisotopic (exact) mass is 235 g/mol. The van der Waals surface area contributed by atoms with Crippen molar-refractivity contribution in [1.29, 1.82) is 0 Å². The van der Waals surface area contributed by atoms with Crippen LogP contribution >= 0.6 is 0 Å². The Labute approximate surface area is 100 Å². The number of aromatic nitrogens is 2. The average molecular weight is 235 g/mol. The molecule has 0 radical (unpaired) electrons. The van der Waals surface area contributed by atoms with Crippen LogP contribution in [0, 0.1) is 5.82 Å². The van der Waals surface area contributed by atoms with Crippen molar-refractivity contribution in [3.63, 3.8) is 0 Å². The molecule has 2 rings (SSSR count). The van der Waals surface area contributed by atoms with E-state index in [0.29, 0.717) is 12.1 Å². The molecule has 17 heavy (non-hydrogen) atoms. The lowest BCUT2D eigenvalue weighted by atomic mass is 10.1. The zero-order chi connectivity index (χ0) is 12.4. The highest BCUT2D eigenvalue weighted by Gasteiger charge is 2.15. The Balaban J connectivity index is 2.61. The van der Waals surface area contributed by atoms with Crippen LogP contribution in [0.1, 0.15) is 32.0 Å². The van der Waals surface area contributed by atoms with Crippen LogP contribution in [0.2, 0.25) is 0 Å². The fourth-order valence-electron chi connectivity index (χ4n) is 2.06. The molecule has 1 heterocycles. The fraction of sp³-hybridized carbons (Fsp3) is 0.462. The highest BCUT2D eigenvalue weighted by molar-refractivity contribution is 5.76. The molecule has 4 heteroatoms. The van der Waals surface area contributed by atoms with Gasteiger partial charge in [0, 0.05) is 25.1 Å². The zero-order valence-electron chi connectivity index (χ0n) is 10.3. The third-order valence-corrected chi connectivity index (χ3v) is 2.98. The summed E-state index contributed by atoms with van der Waals surface area (Å²) in [5, 5.41) is 0. The molecule has 2 N–H and O–H groups in total. The summed E-state index contributed by atoms with van der Waals surface area (Å²) < 4.78 is 15.3. The standard InChI is InChI=1S/C13H18FN3/c1-3-6-17-12-5-4-10(14)7-11(12)16-13(17)9(2)8-15/h4-5,7,9H,3,6,8,15H2,1-2H3. The summed E-state index contributed by atoms with van der Waals surface area (Å²) in [5.74, 6) is 0.901. The number of nitrogens with zero attached hydrogens (tertiary/aromatic N) is 2. The molecule has 0 bridgehead atoms. The molecule has 1 aromatic heterocycles. The smallest absolute Gasteiger partial charge is 0.125 e. The van der Waals surface area contributed by atoms with E-state index in [9.17, 15) is 4.39 Å². The van der Waals surface area contributed by atoms with Crippen molar-refractivity contribution in [2.24, 2.45) is 5.73 Å². The molecule has 0 aliphatic carbocycles. The highest BCUT2D eigenvalue weighted by atomic mass is 19.1. The zero-order valence-corrected chi connectivity index (χ0v) is 10.3. The summed E-state index contributed by atoms with van der Waals surface area (Å²) in [7, 11) is 0. The maximum atomic E-state index is 13.2. The lowest BCUT2D eigenvalue weighted by Gasteiger charge is -2.11. The van der Waals surface area contributed by atoms with Crippen molar-refractivity contribution in [3.8, 4) is 0 Å². The van der Waals surface area contributed by atoms with Gasteiger partial charge in [-0.3, -0.25) is 0 Å². The topological polar surface area (TPSA) is 43.8 Å². The van der Waals surface area contributed by atoms with E-state index in [1.54, 1.807) is 6.07 Å². The molecule has 0 amide bonds. The first-order valence-corrected chi connectivity index (χ1v) is 6.03. The van der Waals surface area contributed by atoms with Gasteiger partial charge in [0.25, 0.3) is 0 Å². The van der Waals surface area contributed by atoms with Crippen LogP contribution < -0.4 is 5.73 Å². The number of rotatable bonds is 4. The first-order valence-electron chi connectivity index (χ1n) is 6.03. The minimum Gasteiger partial charge on any atom is -0.330 e. The Hall–Kier alpha value is -1.42. The minimum atomic E-state index is -0.245. The Morgan fingerprint density at radius 1 is 1.47 bits per heavy atom. The number of hydrogen-bond acceptors (Lipinski definition) is 2. The predicted molar refractivity (Wildman–Crippen MR) is 67.5 cm³/mol. The molecule has 0 saturated carbocycles. The largest absolute Gasteiger partial charge is 0.330 e. The average Bonchev–Trinajstić information content (AvgIpc) is 2.67. The molecular weight excluding hydrogens is 217 g/mol. The van der Waals surface area contributed by atoms with Crippen LogP contribution in [0.5, 0.6) is 0 Å². The minimum absolute atomic E-state index is 0.192. The fourth-order valence-corrected chi connectivity index (χ4v) is 2.06. The number of halogens is 1.